The molecule has 3 N–H and O–H groups in total. The van der Waals surface area contributed by atoms with Gasteiger partial charge >= 0.3 is 12.0 Å². The molecule has 8 nitrogen and oxygen atoms in total. The number of anilines is 1. The highest BCUT2D eigenvalue weighted by atomic mass is 16.5. The Labute approximate surface area is 111 Å². The monoisotopic (exact) mass is 266 g/mol. The number of amidine groups is 1. The molecule has 1 aliphatic heterocycles. The van der Waals surface area contributed by atoms with Crippen molar-refractivity contribution in [2.24, 2.45) is 11.7 Å². The molecule has 104 valence electrons. The van der Waals surface area contributed by atoms with Crippen LogP contribution >= 0.6 is 0 Å². The number of hydrogen-bond donors (Lipinski definition) is 2. The number of ether oxygens (including phenoxy) is 2. The van der Waals surface area contributed by atoms with E-state index in [4.69, 9.17) is 20.6 Å². The van der Waals surface area contributed by atoms with Gasteiger partial charge in [0.05, 0.1) is 20.1 Å². The lowest BCUT2D eigenvalue weighted by atomic mass is 9.96. The van der Waals surface area contributed by atoms with Crippen molar-refractivity contribution in [2.45, 2.75) is 12.8 Å². The highest BCUT2D eigenvalue weighted by molar-refractivity contribution is 5.79. The maximum atomic E-state index is 7.47. The van der Waals surface area contributed by atoms with Crippen LogP contribution in [-0.2, 0) is 0 Å². The maximum absolute atomic E-state index is 7.47. The molecular formula is C11H18N6O2. The van der Waals surface area contributed by atoms with Crippen molar-refractivity contribution < 1.29 is 9.47 Å². The van der Waals surface area contributed by atoms with Gasteiger partial charge < -0.3 is 20.1 Å². The smallest absolute Gasteiger partial charge is 0.324 e. The Bertz CT molecular complexity index is 436. The molecule has 1 fully saturated rings. The molecule has 2 heterocycles. The highest BCUT2D eigenvalue weighted by Gasteiger charge is 2.23. The van der Waals surface area contributed by atoms with Crippen LogP contribution in [-0.4, -0.2) is 48.1 Å². The van der Waals surface area contributed by atoms with Crippen LogP contribution in [0.5, 0.6) is 12.0 Å². The van der Waals surface area contributed by atoms with Crippen LogP contribution in [0, 0.1) is 11.3 Å². The first-order valence-electron chi connectivity index (χ1n) is 6.07. The fraction of sp³-hybridized carbons (Fsp3) is 0.636. The van der Waals surface area contributed by atoms with Crippen LogP contribution in [0.4, 0.5) is 5.95 Å². The third-order valence-electron chi connectivity index (χ3n) is 3.17. The summed E-state index contributed by atoms with van der Waals surface area (Å²) in [6.07, 6.45) is 1.65. The summed E-state index contributed by atoms with van der Waals surface area (Å²) in [5, 5.41) is 7.47. The SMILES string of the molecule is COc1nc(OC)nc(N2CCC(C(=N)N)CC2)n1. The predicted octanol–water partition coefficient (Wildman–Crippen LogP) is 0.0412. The molecule has 0 spiro atoms. The molecule has 0 unspecified atom stereocenters. The molecule has 0 bridgehead atoms. The number of aromatic nitrogens is 3. The minimum absolute atomic E-state index is 0.155. The number of rotatable bonds is 4. The molecule has 0 aromatic carbocycles. The second-order valence-corrected chi connectivity index (χ2v) is 4.33. The van der Waals surface area contributed by atoms with Crippen molar-refractivity contribution in [3.05, 3.63) is 0 Å². The Morgan fingerprint density at radius 3 is 2.11 bits per heavy atom. The fourth-order valence-electron chi connectivity index (χ4n) is 2.04. The highest BCUT2D eigenvalue weighted by Crippen LogP contribution is 2.22. The van der Waals surface area contributed by atoms with Gasteiger partial charge in [0.25, 0.3) is 0 Å². The summed E-state index contributed by atoms with van der Waals surface area (Å²) in [4.78, 5) is 14.4. The molecule has 0 saturated carbocycles. The van der Waals surface area contributed by atoms with E-state index in [2.05, 4.69) is 15.0 Å². The van der Waals surface area contributed by atoms with E-state index in [9.17, 15) is 0 Å². The van der Waals surface area contributed by atoms with Gasteiger partial charge in [-0.1, -0.05) is 0 Å². The van der Waals surface area contributed by atoms with Crippen molar-refractivity contribution in [2.75, 3.05) is 32.2 Å². The Kier molecular flexibility index (Phi) is 3.98. The number of methoxy groups -OCH3 is 2. The normalized spacial score (nSPS) is 16.2. The van der Waals surface area contributed by atoms with E-state index in [1.54, 1.807) is 0 Å². The summed E-state index contributed by atoms with van der Waals surface area (Å²) in [7, 11) is 3.00. The topological polar surface area (TPSA) is 110 Å². The first kappa shape index (κ1) is 13.3. The third kappa shape index (κ3) is 3.01. The number of hydrogen-bond acceptors (Lipinski definition) is 7. The Balaban J connectivity index is 2.12. The van der Waals surface area contributed by atoms with Crippen molar-refractivity contribution >= 4 is 11.8 Å². The van der Waals surface area contributed by atoms with Crippen LogP contribution in [0.2, 0.25) is 0 Å². The molecule has 1 aliphatic rings. The van der Waals surface area contributed by atoms with Crippen LogP contribution in [0.1, 0.15) is 12.8 Å². The number of piperidine rings is 1. The van der Waals surface area contributed by atoms with E-state index >= 15 is 0 Å². The average Bonchev–Trinajstić information content (AvgIpc) is 2.46. The molecule has 0 amide bonds. The maximum Gasteiger partial charge on any atom is 0.324 e. The average molecular weight is 266 g/mol. The molecule has 1 aromatic heterocycles. The zero-order valence-electron chi connectivity index (χ0n) is 11.1. The van der Waals surface area contributed by atoms with Gasteiger partial charge in [-0.2, -0.15) is 9.97 Å². The van der Waals surface area contributed by atoms with E-state index in [1.165, 1.54) is 14.2 Å². The van der Waals surface area contributed by atoms with E-state index < -0.39 is 0 Å². The van der Waals surface area contributed by atoms with Crippen molar-refractivity contribution in [3.8, 4) is 12.0 Å². The van der Waals surface area contributed by atoms with Crippen molar-refractivity contribution in [1.82, 2.24) is 15.0 Å². The summed E-state index contributed by atoms with van der Waals surface area (Å²) in [5.41, 5.74) is 5.53. The molecule has 0 atom stereocenters. The van der Waals surface area contributed by atoms with Gasteiger partial charge in [-0.05, 0) is 12.8 Å². The molecule has 0 radical (unpaired) electrons. The molecule has 8 heteroatoms. The predicted molar refractivity (Wildman–Crippen MR) is 69.8 cm³/mol. The standard InChI is InChI=1S/C11H18N6O2/c1-18-10-14-9(15-11(16-10)19-2)17-5-3-7(4-6-17)8(12)13/h7H,3-6H2,1-2H3,(H3,12,13). The first-order chi connectivity index (χ1) is 9.13. The van der Waals surface area contributed by atoms with Gasteiger partial charge in [0.1, 0.15) is 0 Å². The quantitative estimate of drug-likeness (QED) is 0.584. The summed E-state index contributed by atoms with van der Waals surface area (Å²) < 4.78 is 10.0. The van der Waals surface area contributed by atoms with Gasteiger partial charge in [-0.15, -0.1) is 4.98 Å². The minimum atomic E-state index is 0.155. The van der Waals surface area contributed by atoms with E-state index in [1.807, 2.05) is 4.90 Å². The van der Waals surface area contributed by atoms with Crippen molar-refractivity contribution in [1.29, 1.82) is 5.41 Å². The van der Waals surface area contributed by atoms with Gasteiger partial charge in [0.15, 0.2) is 0 Å². The van der Waals surface area contributed by atoms with Crippen LogP contribution < -0.4 is 20.1 Å². The Morgan fingerprint density at radius 1 is 1.16 bits per heavy atom. The lowest BCUT2D eigenvalue weighted by Crippen LogP contribution is -2.39. The first-order valence-corrected chi connectivity index (χ1v) is 6.07. The molecule has 19 heavy (non-hydrogen) atoms. The van der Waals surface area contributed by atoms with E-state index in [0.717, 1.165) is 25.9 Å². The van der Waals surface area contributed by atoms with E-state index in [0.29, 0.717) is 5.95 Å². The molecule has 0 aliphatic carbocycles. The molecule has 1 saturated heterocycles. The van der Waals surface area contributed by atoms with Gasteiger partial charge in [0.2, 0.25) is 5.95 Å². The Morgan fingerprint density at radius 2 is 1.68 bits per heavy atom. The lowest BCUT2D eigenvalue weighted by Gasteiger charge is -2.31. The van der Waals surface area contributed by atoms with Crippen LogP contribution in [0.25, 0.3) is 0 Å². The molecule has 1 aromatic rings. The summed E-state index contributed by atoms with van der Waals surface area (Å²) >= 11 is 0. The zero-order chi connectivity index (χ0) is 13.8. The van der Waals surface area contributed by atoms with Crippen LogP contribution in [0.15, 0.2) is 0 Å². The van der Waals surface area contributed by atoms with Crippen LogP contribution in [0.3, 0.4) is 0 Å². The fourth-order valence-corrected chi connectivity index (χ4v) is 2.04. The molecule has 2 rings (SSSR count). The van der Waals surface area contributed by atoms with E-state index in [-0.39, 0.29) is 23.8 Å². The zero-order valence-corrected chi connectivity index (χ0v) is 11.1. The molecular weight excluding hydrogens is 248 g/mol. The third-order valence-corrected chi connectivity index (χ3v) is 3.17. The summed E-state index contributed by atoms with van der Waals surface area (Å²) in [6, 6.07) is 0.464. The second-order valence-electron chi connectivity index (χ2n) is 4.33. The second kappa shape index (κ2) is 5.68. The van der Waals surface area contributed by atoms with Gasteiger partial charge in [0, 0.05) is 19.0 Å². The van der Waals surface area contributed by atoms with Crippen molar-refractivity contribution in [3.63, 3.8) is 0 Å². The number of nitrogens with one attached hydrogen (secondary N) is 1. The van der Waals surface area contributed by atoms with Gasteiger partial charge in [-0.3, -0.25) is 5.41 Å². The number of nitrogens with zero attached hydrogens (tertiary/aromatic N) is 4. The lowest BCUT2D eigenvalue weighted by molar-refractivity contribution is 0.338. The number of nitrogens with two attached hydrogens (primary N) is 1. The summed E-state index contributed by atoms with van der Waals surface area (Å²) in [5.74, 6) is 0.943. The largest absolute Gasteiger partial charge is 0.467 e. The Hall–Kier alpha value is -2.12. The van der Waals surface area contributed by atoms with Gasteiger partial charge in [-0.25, -0.2) is 0 Å². The minimum Gasteiger partial charge on any atom is -0.467 e. The summed E-state index contributed by atoms with van der Waals surface area (Å²) in [6.45, 7) is 1.50.